The highest BCUT2D eigenvalue weighted by Gasteiger charge is 2.12. The maximum atomic E-state index is 11.2. The largest absolute Gasteiger partial charge is 0.460 e. The van der Waals surface area contributed by atoms with Gasteiger partial charge in [-0.15, -0.1) is 0 Å². The SMILES string of the molecule is C=CC(=O)OC[C@@H](N=C(C#N)/C=C/C)c1ccccc1. The summed E-state index contributed by atoms with van der Waals surface area (Å²) < 4.78 is 5.03. The van der Waals surface area contributed by atoms with E-state index in [1.165, 1.54) is 0 Å². The van der Waals surface area contributed by atoms with Crippen molar-refractivity contribution in [2.75, 3.05) is 6.61 Å². The van der Waals surface area contributed by atoms with Crippen LogP contribution in [-0.2, 0) is 9.53 Å². The smallest absolute Gasteiger partial charge is 0.330 e. The number of hydrogen-bond acceptors (Lipinski definition) is 4. The third-order valence-electron chi connectivity index (χ3n) is 2.47. The molecule has 0 saturated heterocycles. The van der Waals surface area contributed by atoms with Crippen molar-refractivity contribution in [1.29, 1.82) is 5.26 Å². The van der Waals surface area contributed by atoms with Crippen LogP contribution in [0.1, 0.15) is 18.5 Å². The van der Waals surface area contributed by atoms with E-state index in [0.717, 1.165) is 11.6 Å². The van der Waals surface area contributed by atoms with E-state index in [0.29, 0.717) is 0 Å². The zero-order valence-electron chi connectivity index (χ0n) is 11.3. The summed E-state index contributed by atoms with van der Waals surface area (Å²) in [7, 11) is 0. The number of esters is 1. The molecule has 0 aliphatic heterocycles. The first kappa shape index (κ1) is 15.4. The number of nitrogens with zero attached hydrogens (tertiary/aromatic N) is 2. The first-order valence-corrected chi connectivity index (χ1v) is 6.16. The van der Waals surface area contributed by atoms with Crippen molar-refractivity contribution in [3.63, 3.8) is 0 Å². The molecule has 102 valence electrons. The molecule has 0 spiro atoms. The Kier molecular flexibility index (Phi) is 6.49. The molecule has 0 N–H and O–H groups in total. The predicted octanol–water partition coefficient (Wildman–Crippen LogP) is 3.00. The Hall–Kier alpha value is -2.67. The van der Waals surface area contributed by atoms with E-state index in [1.807, 2.05) is 43.3 Å². The lowest BCUT2D eigenvalue weighted by atomic mass is 10.1. The van der Waals surface area contributed by atoms with Crippen molar-refractivity contribution < 1.29 is 9.53 Å². The third kappa shape index (κ3) is 4.91. The van der Waals surface area contributed by atoms with Gasteiger partial charge in [0.15, 0.2) is 0 Å². The van der Waals surface area contributed by atoms with Crippen molar-refractivity contribution in [1.82, 2.24) is 0 Å². The van der Waals surface area contributed by atoms with Crippen LogP contribution in [0.4, 0.5) is 0 Å². The molecule has 1 atom stereocenters. The molecule has 0 aromatic heterocycles. The van der Waals surface area contributed by atoms with E-state index in [1.54, 1.807) is 12.2 Å². The molecule has 0 radical (unpaired) electrons. The highest BCUT2D eigenvalue weighted by atomic mass is 16.5. The number of carbonyl (C=O) groups is 1. The minimum Gasteiger partial charge on any atom is -0.460 e. The molecular formula is C16H16N2O2. The topological polar surface area (TPSA) is 62.4 Å². The molecule has 0 saturated carbocycles. The van der Waals surface area contributed by atoms with Gasteiger partial charge in [0.25, 0.3) is 0 Å². The number of ether oxygens (including phenoxy) is 1. The van der Waals surface area contributed by atoms with Gasteiger partial charge >= 0.3 is 5.97 Å². The summed E-state index contributed by atoms with van der Waals surface area (Å²) in [6.45, 7) is 5.22. The Labute approximate surface area is 118 Å². The summed E-state index contributed by atoms with van der Waals surface area (Å²) in [6, 6.07) is 11.0. The summed E-state index contributed by atoms with van der Waals surface area (Å²) in [4.78, 5) is 15.5. The summed E-state index contributed by atoms with van der Waals surface area (Å²) in [5, 5.41) is 9.02. The summed E-state index contributed by atoms with van der Waals surface area (Å²) >= 11 is 0. The minimum absolute atomic E-state index is 0.0671. The predicted molar refractivity (Wildman–Crippen MR) is 78.2 cm³/mol. The molecule has 0 aliphatic rings. The van der Waals surface area contributed by atoms with Gasteiger partial charge in [-0.3, -0.25) is 4.99 Å². The molecule has 0 heterocycles. The van der Waals surface area contributed by atoms with Crippen LogP contribution in [-0.4, -0.2) is 18.3 Å². The molecule has 0 amide bonds. The number of allylic oxidation sites excluding steroid dienone is 2. The standard InChI is InChI=1S/C16H16N2O2/c1-3-8-14(11-17)18-15(12-20-16(19)4-2)13-9-6-5-7-10-13/h3-10,15H,2,12H2,1H3/b8-3+,18-14?/t15-/m1/s1. The van der Waals surface area contributed by atoms with E-state index >= 15 is 0 Å². The Morgan fingerprint density at radius 2 is 2.20 bits per heavy atom. The van der Waals surface area contributed by atoms with Gasteiger partial charge in [-0.1, -0.05) is 43.0 Å². The Morgan fingerprint density at radius 3 is 2.75 bits per heavy atom. The van der Waals surface area contributed by atoms with Crippen LogP contribution in [0.5, 0.6) is 0 Å². The molecule has 0 unspecified atom stereocenters. The van der Waals surface area contributed by atoms with Gasteiger partial charge in [-0.25, -0.2) is 4.79 Å². The molecular weight excluding hydrogens is 252 g/mol. The molecule has 4 nitrogen and oxygen atoms in total. The average Bonchev–Trinajstić information content (AvgIpc) is 2.50. The van der Waals surface area contributed by atoms with E-state index < -0.39 is 12.0 Å². The van der Waals surface area contributed by atoms with Gasteiger partial charge in [0.05, 0.1) is 0 Å². The fourth-order valence-electron chi connectivity index (χ4n) is 1.54. The van der Waals surface area contributed by atoms with Crippen LogP contribution in [0, 0.1) is 11.3 Å². The van der Waals surface area contributed by atoms with Crippen LogP contribution < -0.4 is 0 Å². The Bertz CT molecular complexity index is 554. The van der Waals surface area contributed by atoms with Crippen molar-refractivity contribution in [2.45, 2.75) is 13.0 Å². The van der Waals surface area contributed by atoms with Crippen molar-refractivity contribution in [2.24, 2.45) is 4.99 Å². The van der Waals surface area contributed by atoms with Gasteiger partial charge < -0.3 is 4.74 Å². The molecule has 0 bridgehead atoms. The fourth-order valence-corrected chi connectivity index (χ4v) is 1.54. The summed E-state index contributed by atoms with van der Waals surface area (Å²) in [5.74, 6) is -0.509. The van der Waals surface area contributed by atoms with Crippen molar-refractivity contribution in [3.8, 4) is 6.07 Å². The average molecular weight is 268 g/mol. The van der Waals surface area contributed by atoms with Gasteiger partial charge in [0.1, 0.15) is 24.4 Å². The fraction of sp³-hybridized carbons (Fsp3) is 0.188. The van der Waals surface area contributed by atoms with Crippen LogP contribution in [0.3, 0.4) is 0 Å². The summed E-state index contributed by atoms with van der Waals surface area (Å²) in [5.41, 5.74) is 1.16. The molecule has 1 aromatic rings. The van der Waals surface area contributed by atoms with Crippen LogP contribution in [0.2, 0.25) is 0 Å². The molecule has 0 aliphatic carbocycles. The number of rotatable bonds is 6. The normalized spacial score (nSPS) is 12.7. The van der Waals surface area contributed by atoms with E-state index in [4.69, 9.17) is 10.00 Å². The Morgan fingerprint density at radius 1 is 1.50 bits per heavy atom. The first-order valence-electron chi connectivity index (χ1n) is 6.16. The second-order valence-electron chi connectivity index (χ2n) is 3.89. The van der Waals surface area contributed by atoms with Gasteiger partial charge in [0.2, 0.25) is 0 Å². The number of hydrogen-bond donors (Lipinski definition) is 0. The monoisotopic (exact) mass is 268 g/mol. The number of benzene rings is 1. The Balaban J connectivity index is 2.99. The third-order valence-corrected chi connectivity index (χ3v) is 2.47. The lowest BCUT2D eigenvalue weighted by Crippen LogP contribution is -2.11. The number of nitriles is 1. The van der Waals surface area contributed by atoms with Crippen molar-refractivity contribution >= 4 is 11.7 Å². The molecule has 1 rings (SSSR count). The van der Waals surface area contributed by atoms with Gasteiger partial charge in [-0.2, -0.15) is 5.26 Å². The second kappa shape index (κ2) is 8.44. The highest BCUT2D eigenvalue weighted by Crippen LogP contribution is 2.18. The minimum atomic E-state index is -0.509. The van der Waals surface area contributed by atoms with Gasteiger partial charge in [-0.05, 0) is 18.6 Å². The lowest BCUT2D eigenvalue weighted by molar-refractivity contribution is -0.138. The van der Waals surface area contributed by atoms with E-state index in [-0.39, 0.29) is 12.3 Å². The van der Waals surface area contributed by atoms with E-state index in [2.05, 4.69) is 11.6 Å². The molecule has 1 aromatic carbocycles. The highest BCUT2D eigenvalue weighted by molar-refractivity contribution is 6.07. The van der Waals surface area contributed by atoms with Crippen LogP contribution in [0.25, 0.3) is 0 Å². The molecule has 20 heavy (non-hydrogen) atoms. The molecule has 4 heteroatoms. The maximum Gasteiger partial charge on any atom is 0.330 e. The van der Waals surface area contributed by atoms with Crippen LogP contribution in [0.15, 0.2) is 60.1 Å². The number of carbonyl (C=O) groups excluding carboxylic acids is 1. The lowest BCUT2D eigenvalue weighted by Gasteiger charge is -2.13. The zero-order valence-corrected chi connectivity index (χ0v) is 11.3. The van der Waals surface area contributed by atoms with E-state index in [9.17, 15) is 4.79 Å². The first-order chi connectivity index (χ1) is 9.71. The summed E-state index contributed by atoms with van der Waals surface area (Å²) in [6.07, 6.45) is 4.45. The van der Waals surface area contributed by atoms with Gasteiger partial charge in [0, 0.05) is 6.08 Å². The quantitative estimate of drug-likeness (QED) is 0.452. The molecule has 0 fully saturated rings. The zero-order chi connectivity index (χ0) is 14.8. The number of aliphatic imine (C=N–C) groups is 1. The van der Waals surface area contributed by atoms with Crippen molar-refractivity contribution in [3.05, 3.63) is 60.7 Å². The maximum absolute atomic E-state index is 11.2. The van der Waals surface area contributed by atoms with Crippen LogP contribution >= 0.6 is 0 Å². The second-order valence-corrected chi connectivity index (χ2v) is 3.89.